The van der Waals surface area contributed by atoms with Crippen LogP contribution in [0.4, 0.5) is 4.79 Å². The Labute approximate surface area is 291 Å². The summed E-state index contributed by atoms with van der Waals surface area (Å²) in [5.41, 5.74) is -2.09. The van der Waals surface area contributed by atoms with Crippen molar-refractivity contribution in [3.8, 4) is 0 Å². The predicted octanol–water partition coefficient (Wildman–Crippen LogP) is 4.07. The maximum atomic E-state index is 14.5. The quantitative estimate of drug-likeness (QED) is 0.233. The second-order valence-electron chi connectivity index (χ2n) is 14.6. The Morgan fingerprint density at radius 1 is 1.04 bits per heavy atom. The highest BCUT2D eigenvalue weighted by Crippen LogP contribution is 2.46. The monoisotopic (exact) mass is 711 g/mol. The van der Waals surface area contributed by atoms with E-state index in [4.69, 9.17) is 4.74 Å². The van der Waals surface area contributed by atoms with E-state index in [0.29, 0.717) is 17.1 Å². The fourth-order valence-electron chi connectivity index (χ4n) is 6.67. The molecule has 0 bridgehead atoms. The summed E-state index contributed by atoms with van der Waals surface area (Å²) < 4.78 is 38.1. The van der Waals surface area contributed by atoms with Crippen molar-refractivity contribution in [3.05, 3.63) is 55.1 Å². The molecule has 0 unspecified atom stereocenters. The first-order valence-electron chi connectivity index (χ1n) is 16.9. The second kappa shape index (κ2) is 13.6. The molecule has 4 amide bonds. The standard InChI is InChI=1S/C35H45N5O7S2/c1-5-23-19-35(23,32(43)38-48-25-17-18-25)37-30(41)27-20-39(49(45,46)28-16-10-12-22-11-6-9-15-26(22)28)21-40(27)31(42)29(34(2,3)4)36-33(44)47-24-13-7-8-14-24/h5-6,9-12,15-16,23-25,27,29H,1,7-8,13-14,17-21H2,2-4H3,(H,36,44)(H,37,41)(H,38,43)/t23-,27+,29-,35-/m1/s1. The van der Waals surface area contributed by atoms with Gasteiger partial charge in [0.15, 0.2) is 0 Å². The van der Waals surface area contributed by atoms with Crippen LogP contribution in [0.3, 0.4) is 0 Å². The number of nitrogens with one attached hydrogen (secondary N) is 3. The molecule has 0 spiro atoms. The van der Waals surface area contributed by atoms with E-state index in [1.54, 1.807) is 45.0 Å². The molecule has 264 valence electrons. The molecule has 12 nitrogen and oxygen atoms in total. The minimum Gasteiger partial charge on any atom is -0.446 e. The average Bonchev–Trinajstić information content (AvgIpc) is 3.91. The van der Waals surface area contributed by atoms with Gasteiger partial charge in [-0.15, -0.1) is 6.58 Å². The SMILES string of the molecule is C=C[C@@H]1C[C@]1(NC(=O)[C@@H]1CN(S(=O)(=O)c2cccc3ccccc23)CN1C(=O)[C@@H](NC(=O)OC1CCCC1)C(C)(C)C)C(=O)NSC1CC1. The van der Waals surface area contributed by atoms with Crippen LogP contribution in [0.1, 0.15) is 65.7 Å². The van der Waals surface area contributed by atoms with E-state index in [9.17, 15) is 27.6 Å². The molecule has 1 aliphatic heterocycles. The molecular weight excluding hydrogens is 667 g/mol. The molecule has 3 aliphatic carbocycles. The van der Waals surface area contributed by atoms with Crippen LogP contribution in [0, 0.1) is 11.3 Å². The smallest absolute Gasteiger partial charge is 0.408 e. The number of rotatable bonds is 11. The van der Waals surface area contributed by atoms with Gasteiger partial charge < -0.3 is 20.3 Å². The summed E-state index contributed by atoms with van der Waals surface area (Å²) in [4.78, 5) is 56.4. The highest BCUT2D eigenvalue weighted by molar-refractivity contribution is 7.98. The van der Waals surface area contributed by atoms with Gasteiger partial charge in [0.1, 0.15) is 23.7 Å². The summed E-state index contributed by atoms with van der Waals surface area (Å²) in [5.74, 6) is -1.99. The molecule has 4 aliphatic rings. The fourth-order valence-corrected chi connectivity index (χ4v) is 9.11. The lowest BCUT2D eigenvalue weighted by molar-refractivity contribution is -0.142. The second-order valence-corrected chi connectivity index (χ2v) is 17.6. The van der Waals surface area contributed by atoms with Crippen molar-refractivity contribution in [2.24, 2.45) is 11.3 Å². The topological polar surface area (TPSA) is 154 Å². The van der Waals surface area contributed by atoms with Gasteiger partial charge in [0.25, 0.3) is 5.91 Å². The molecule has 49 heavy (non-hydrogen) atoms. The van der Waals surface area contributed by atoms with Crippen molar-refractivity contribution >= 4 is 56.6 Å². The predicted molar refractivity (Wildman–Crippen MR) is 186 cm³/mol. The first-order chi connectivity index (χ1) is 23.2. The third-order valence-electron chi connectivity index (χ3n) is 9.86. The molecule has 4 atom stereocenters. The Morgan fingerprint density at radius 2 is 1.73 bits per heavy atom. The number of hydrogen-bond donors (Lipinski definition) is 3. The number of nitrogens with zero attached hydrogens (tertiary/aromatic N) is 2. The molecule has 1 heterocycles. The van der Waals surface area contributed by atoms with Gasteiger partial charge in [-0.1, -0.05) is 63.2 Å². The van der Waals surface area contributed by atoms with Crippen molar-refractivity contribution < 1.29 is 32.3 Å². The number of amides is 4. The number of carbonyl (C=O) groups excluding carboxylic acids is 4. The van der Waals surface area contributed by atoms with Crippen LogP contribution in [0.5, 0.6) is 0 Å². The molecule has 0 radical (unpaired) electrons. The van der Waals surface area contributed by atoms with Crippen LogP contribution in [0.15, 0.2) is 60.0 Å². The Kier molecular flexibility index (Phi) is 9.77. The molecule has 6 rings (SSSR count). The van der Waals surface area contributed by atoms with Crippen LogP contribution in [0.25, 0.3) is 10.8 Å². The highest BCUT2D eigenvalue weighted by atomic mass is 32.2. The molecule has 3 N–H and O–H groups in total. The molecule has 4 fully saturated rings. The third kappa shape index (κ3) is 7.32. The largest absolute Gasteiger partial charge is 0.446 e. The molecule has 3 saturated carbocycles. The van der Waals surface area contributed by atoms with E-state index in [0.717, 1.165) is 48.2 Å². The van der Waals surface area contributed by atoms with Crippen LogP contribution < -0.4 is 15.4 Å². The van der Waals surface area contributed by atoms with Crippen LogP contribution in [-0.4, -0.2) is 83.6 Å². The number of fused-ring (bicyclic) bond motifs is 1. The van der Waals surface area contributed by atoms with E-state index < -0.39 is 57.6 Å². The maximum Gasteiger partial charge on any atom is 0.408 e. The van der Waals surface area contributed by atoms with Crippen molar-refractivity contribution in [2.45, 2.75) is 99.6 Å². The summed E-state index contributed by atoms with van der Waals surface area (Å²) in [6.45, 7) is 8.37. The molecule has 14 heteroatoms. The lowest BCUT2D eigenvalue weighted by atomic mass is 9.85. The van der Waals surface area contributed by atoms with Gasteiger partial charge in [-0.05, 0) is 73.8 Å². The summed E-state index contributed by atoms with van der Waals surface area (Å²) >= 11 is 1.33. The van der Waals surface area contributed by atoms with Gasteiger partial charge in [0, 0.05) is 23.1 Å². The van der Waals surface area contributed by atoms with Gasteiger partial charge in [0.2, 0.25) is 21.8 Å². The first kappa shape index (κ1) is 35.2. The van der Waals surface area contributed by atoms with Crippen LogP contribution >= 0.6 is 11.9 Å². The molecule has 0 aromatic heterocycles. The van der Waals surface area contributed by atoms with Crippen LogP contribution in [0.2, 0.25) is 0 Å². The summed E-state index contributed by atoms with van der Waals surface area (Å²) in [6, 6.07) is 9.62. The third-order valence-corrected chi connectivity index (χ3v) is 12.8. The number of sulfonamides is 1. The lowest BCUT2D eigenvalue weighted by Gasteiger charge is -2.35. The number of benzene rings is 2. The maximum absolute atomic E-state index is 14.5. The van der Waals surface area contributed by atoms with E-state index in [1.165, 1.54) is 22.9 Å². The van der Waals surface area contributed by atoms with E-state index in [2.05, 4.69) is 21.9 Å². The van der Waals surface area contributed by atoms with Crippen molar-refractivity contribution in [3.63, 3.8) is 0 Å². The molecule has 2 aromatic carbocycles. The van der Waals surface area contributed by atoms with Gasteiger partial charge in [-0.25, -0.2) is 13.2 Å². The number of alkyl carbamates (subject to hydrolysis) is 1. The minimum atomic E-state index is -4.22. The molecular formula is C35H45N5O7S2. The van der Waals surface area contributed by atoms with E-state index >= 15 is 0 Å². The fraction of sp³-hybridized carbons (Fsp3) is 0.543. The van der Waals surface area contributed by atoms with Gasteiger partial charge in [0.05, 0.1) is 11.6 Å². The molecule has 1 saturated heterocycles. The lowest BCUT2D eigenvalue weighted by Crippen LogP contribution is -2.60. The van der Waals surface area contributed by atoms with Gasteiger partial charge >= 0.3 is 6.09 Å². The Morgan fingerprint density at radius 3 is 2.39 bits per heavy atom. The zero-order valence-electron chi connectivity index (χ0n) is 28.1. The normalized spacial score (nSPS) is 25.1. The minimum absolute atomic E-state index is 0.0477. The average molecular weight is 712 g/mol. The van der Waals surface area contributed by atoms with E-state index in [1.807, 2.05) is 18.2 Å². The summed E-state index contributed by atoms with van der Waals surface area (Å²) in [5, 5.41) is 7.19. The Hall–Kier alpha value is -3.62. The van der Waals surface area contributed by atoms with Gasteiger partial charge in [-0.2, -0.15) is 4.31 Å². The zero-order chi connectivity index (χ0) is 35.1. The van der Waals surface area contributed by atoms with E-state index in [-0.39, 0.29) is 29.4 Å². The van der Waals surface area contributed by atoms with Gasteiger partial charge in [-0.3, -0.25) is 19.1 Å². The summed E-state index contributed by atoms with van der Waals surface area (Å²) in [7, 11) is -4.22. The zero-order valence-corrected chi connectivity index (χ0v) is 29.8. The number of ether oxygens (including phenoxy) is 1. The van der Waals surface area contributed by atoms with Crippen molar-refractivity contribution in [1.82, 2.24) is 24.6 Å². The Balaban J connectivity index is 1.30. The highest BCUT2D eigenvalue weighted by Gasteiger charge is 2.61. The first-order valence-corrected chi connectivity index (χ1v) is 19.2. The summed E-state index contributed by atoms with van der Waals surface area (Å²) in [6.07, 6.45) is 6.39. The number of hydrogen-bond acceptors (Lipinski definition) is 8. The number of carbonyl (C=O) groups is 4. The van der Waals surface area contributed by atoms with Crippen molar-refractivity contribution in [2.75, 3.05) is 13.2 Å². The molecule has 2 aromatic rings. The Bertz CT molecular complexity index is 1750. The van der Waals surface area contributed by atoms with Crippen LogP contribution in [-0.2, 0) is 29.1 Å². The van der Waals surface area contributed by atoms with Crippen molar-refractivity contribution in [1.29, 1.82) is 0 Å².